The minimum Gasteiger partial charge on any atom is -0.478 e. The van der Waals surface area contributed by atoms with Crippen LogP contribution in [0.4, 0.5) is 0 Å². The van der Waals surface area contributed by atoms with E-state index in [1.807, 2.05) is 32.9 Å². The molecule has 4 rings (SSSR count). The number of aryl methyl sites for hydroxylation is 1. The monoisotopic (exact) mass is 554 g/mol. The van der Waals surface area contributed by atoms with Gasteiger partial charge in [0.2, 0.25) is 6.79 Å². The molecule has 1 heterocycles. The van der Waals surface area contributed by atoms with Gasteiger partial charge in [-0.25, -0.2) is 18.2 Å². The number of ketones is 1. The van der Waals surface area contributed by atoms with Crippen LogP contribution in [0.5, 0.6) is 17.2 Å². The van der Waals surface area contributed by atoms with E-state index in [1.54, 1.807) is 48.5 Å². The molecule has 0 saturated heterocycles. The van der Waals surface area contributed by atoms with Crippen molar-refractivity contribution in [3.05, 3.63) is 82.9 Å². The Labute approximate surface area is 229 Å². The summed E-state index contributed by atoms with van der Waals surface area (Å²) in [5.41, 5.74) is 3.25. The fourth-order valence-electron chi connectivity index (χ4n) is 4.36. The second-order valence-corrected chi connectivity index (χ2v) is 11.7. The van der Waals surface area contributed by atoms with E-state index in [0.717, 1.165) is 23.1 Å². The molecule has 1 atom stereocenters. The van der Waals surface area contributed by atoms with Crippen LogP contribution >= 0.6 is 0 Å². The van der Waals surface area contributed by atoms with Gasteiger partial charge in [-0.05, 0) is 65.4 Å². The lowest BCUT2D eigenvalue weighted by Crippen LogP contribution is -2.26. The minimum absolute atomic E-state index is 0.0741. The van der Waals surface area contributed by atoms with Crippen molar-refractivity contribution in [2.75, 3.05) is 19.7 Å². The van der Waals surface area contributed by atoms with Crippen molar-refractivity contribution in [2.45, 2.75) is 57.1 Å². The zero-order valence-electron chi connectivity index (χ0n) is 22.6. The molecule has 0 saturated carbocycles. The maximum atomic E-state index is 13.7. The SMILES string of the molecule is CCCc1cc(COOC)ccc1OC(C(=O)CS(=O)(=O)c1ccc(C(C)C)cc1)c1ccc2c(c1)OCO2. The summed E-state index contributed by atoms with van der Waals surface area (Å²) in [6, 6.07) is 17.2. The molecule has 3 aromatic carbocycles. The Morgan fingerprint density at radius 1 is 0.949 bits per heavy atom. The average molecular weight is 555 g/mol. The van der Waals surface area contributed by atoms with Crippen molar-refractivity contribution >= 4 is 15.6 Å². The smallest absolute Gasteiger partial charge is 0.231 e. The quantitative estimate of drug-likeness (QED) is 0.195. The topological polar surface area (TPSA) is 97.4 Å². The molecule has 0 aliphatic carbocycles. The zero-order chi connectivity index (χ0) is 28.0. The zero-order valence-corrected chi connectivity index (χ0v) is 23.5. The van der Waals surface area contributed by atoms with Crippen molar-refractivity contribution in [1.29, 1.82) is 0 Å². The molecule has 8 nitrogen and oxygen atoms in total. The molecule has 39 heavy (non-hydrogen) atoms. The van der Waals surface area contributed by atoms with E-state index in [9.17, 15) is 13.2 Å². The van der Waals surface area contributed by atoms with E-state index >= 15 is 0 Å². The second kappa shape index (κ2) is 12.6. The molecule has 1 unspecified atom stereocenters. The van der Waals surface area contributed by atoms with Crippen molar-refractivity contribution in [1.82, 2.24) is 0 Å². The highest BCUT2D eigenvalue weighted by Crippen LogP contribution is 2.37. The number of Topliss-reactive ketones (excluding diaryl/α,β-unsaturated/α-hetero) is 1. The molecule has 0 fully saturated rings. The Bertz CT molecular complexity index is 1400. The second-order valence-electron chi connectivity index (χ2n) is 9.68. The highest BCUT2D eigenvalue weighted by atomic mass is 32.2. The summed E-state index contributed by atoms with van der Waals surface area (Å²) in [4.78, 5) is 23.5. The first-order valence-corrected chi connectivity index (χ1v) is 14.6. The Kier molecular flexibility index (Phi) is 9.27. The van der Waals surface area contributed by atoms with Crippen LogP contribution < -0.4 is 14.2 Å². The van der Waals surface area contributed by atoms with Crippen molar-refractivity contribution in [2.24, 2.45) is 0 Å². The molecule has 0 bridgehead atoms. The first-order valence-electron chi connectivity index (χ1n) is 12.9. The lowest BCUT2D eigenvalue weighted by molar-refractivity contribution is -0.282. The molecule has 1 aliphatic rings. The lowest BCUT2D eigenvalue weighted by Gasteiger charge is -2.21. The van der Waals surface area contributed by atoms with Gasteiger partial charge in [0.1, 0.15) is 18.1 Å². The van der Waals surface area contributed by atoms with Gasteiger partial charge in [-0.2, -0.15) is 0 Å². The van der Waals surface area contributed by atoms with Crippen molar-refractivity contribution in [3.63, 3.8) is 0 Å². The highest BCUT2D eigenvalue weighted by molar-refractivity contribution is 7.92. The molecule has 0 spiro atoms. The average Bonchev–Trinajstić information content (AvgIpc) is 3.39. The number of sulfone groups is 1. The number of ether oxygens (including phenoxy) is 3. The third-order valence-corrected chi connectivity index (χ3v) is 8.12. The third-order valence-electron chi connectivity index (χ3n) is 6.46. The molecule has 0 amide bonds. The molecule has 3 aromatic rings. The Hall–Kier alpha value is -3.40. The van der Waals surface area contributed by atoms with Gasteiger partial charge in [-0.3, -0.25) is 4.79 Å². The predicted molar refractivity (Wildman–Crippen MR) is 146 cm³/mol. The van der Waals surface area contributed by atoms with E-state index in [0.29, 0.717) is 29.2 Å². The Morgan fingerprint density at radius 3 is 2.36 bits per heavy atom. The summed E-state index contributed by atoms with van der Waals surface area (Å²) in [7, 11) is -2.47. The predicted octanol–water partition coefficient (Wildman–Crippen LogP) is 5.73. The number of hydrogen-bond donors (Lipinski definition) is 0. The molecule has 0 aromatic heterocycles. The van der Waals surface area contributed by atoms with E-state index in [-0.39, 0.29) is 24.2 Å². The summed E-state index contributed by atoms with van der Waals surface area (Å²) < 4.78 is 43.8. The molecular formula is C30H34O8S. The van der Waals surface area contributed by atoms with E-state index in [1.165, 1.54) is 7.11 Å². The van der Waals surface area contributed by atoms with Gasteiger partial charge >= 0.3 is 0 Å². The number of rotatable bonds is 13. The third kappa shape index (κ3) is 6.98. The summed E-state index contributed by atoms with van der Waals surface area (Å²) >= 11 is 0. The molecular weight excluding hydrogens is 520 g/mol. The van der Waals surface area contributed by atoms with E-state index in [4.69, 9.17) is 24.0 Å². The number of hydrogen-bond acceptors (Lipinski definition) is 8. The number of fused-ring (bicyclic) bond motifs is 1. The number of carbonyl (C=O) groups excluding carboxylic acids is 1. The van der Waals surface area contributed by atoms with Crippen LogP contribution in [-0.4, -0.2) is 33.9 Å². The summed E-state index contributed by atoms with van der Waals surface area (Å²) in [5.74, 6) is 0.482. The minimum atomic E-state index is -3.91. The van der Waals surface area contributed by atoms with Gasteiger partial charge in [0, 0.05) is 5.56 Å². The largest absolute Gasteiger partial charge is 0.478 e. The fourth-order valence-corrected chi connectivity index (χ4v) is 5.60. The van der Waals surface area contributed by atoms with Crippen LogP contribution in [0.25, 0.3) is 0 Å². The van der Waals surface area contributed by atoms with Gasteiger partial charge in [-0.1, -0.05) is 51.5 Å². The fraction of sp³-hybridized carbons (Fsp3) is 0.367. The van der Waals surface area contributed by atoms with Gasteiger partial charge < -0.3 is 14.2 Å². The van der Waals surface area contributed by atoms with Crippen LogP contribution in [0.3, 0.4) is 0 Å². The van der Waals surface area contributed by atoms with Gasteiger partial charge in [0.25, 0.3) is 0 Å². The van der Waals surface area contributed by atoms with Crippen LogP contribution in [-0.2, 0) is 37.4 Å². The van der Waals surface area contributed by atoms with Crippen LogP contribution in [0, 0.1) is 0 Å². The molecule has 9 heteroatoms. The van der Waals surface area contributed by atoms with Gasteiger partial charge in [0.05, 0.1) is 12.0 Å². The highest BCUT2D eigenvalue weighted by Gasteiger charge is 2.31. The molecule has 0 N–H and O–H groups in total. The Morgan fingerprint density at radius 2 is 1.67 bits per heavy atom. The van der Waals surface area contributed by atoms with E-state index in [2.05, 4.69) is 0 Å². The molecule has 0 radical (unpaired) electrons. The normalized spacial score (nSPS) is 13.5. The number of carbonyl (C=O) groups is 1. The maximum absolute atomic E-state index is 13.7. The van der Waals surface area contributed by atoms with Gasteiger partial charge in [-0.15, -0.1) is 0 Å². The maximum Gasteiger partial charge on any atom is 0.231 e. The van der Waals surface area contributed by atoms with Crippen molar-refractivity contribution in [3.8, 4) is 17.2 Å². The van der Waals surface area contributed by atoms with Crippen LogP contribution in [0.1, 0.15) is 61.5 Å². The Balaban J connectivity index is 1.66. The number of benzene rings is 3. The summed E-state index contributed by atoms with van der Waals surface area (Å²) in [5, 5.41) is 0. The lowest BCUT2D eigenvalue weighted by atomic mass is 10.0. The summed E-state index contributed by atoms with van der Waals surface area (Å²) in [6.45, 7) is 6.44. The summed E-state index contributed by atoms with van der Waals surface area (Å²) in [6.07, 6.45) is 0.355. The molecule has 208 valence electrons. The van der Waals surface area contributed by atoms with Crippen molar-refractivity contribution < 1.29 is 37.2 Å². The van der Waals surface area contributed by atoms with Crippen LogP contribution in [0.15, 0.2) is 65.6 Å². The first kappa shape index (κ1) is 28.6. The standard InChI is InChI=1S/C30H34O8S/c1-5-6-23-15-21(17-37-34-4)7-13-27(23)38-30(24-10-14-28-29(16-24)36-19-35-28)26(31)18-39(32,33)25-11-8-22(9-12-25)20(2)3/h7-16,20,30H,5-6,17-19H2,1-4H3. The van der Waals surface area contributed by atoms with E-state index < -0.39 is 27.5 Å². The van der Waals surface area contributed by atoms with Crippen LogP contribution in [0.2, 0.25) is 0 Å². The molecule has 1 aliphatic heterocycles. The first-order chi connectivity index (χ1) is 18.7. The van der Waals surface area contributed by atoms with Gasteiger partial charge in [0.15, 0.2) is 33.2 Å².